The monoisotopic (exact) mass is 361 g/mol. The van der Waals surface area contributed by atoms with E-state index in [0.717, 1.165) is 18.5 Å². The van der Waals surface area contributed by atoms with Gasteiger partial charge in [-0.25, -0.2) is 0 Å². The predicted molar refractivity (Wildman–Crippen MR) is 118 cm³/mol. The molecule has 1 atom stereocenters. The first-order valence-corrected chi connectivity index (χ1v) is 10.3. The van der Waals surface area contributed by atoms with E-state index in [0.29, 0.717) is 11.3 Å². The summed E-state index contributed by atoms with van der Waals surface area (Å²) in [6.07, 6.45) is 2.39. The lowest BCUT2D eigenvalue weighted by Gasteiger charge is -2.27. The lowest BCUT2D eigenvalue weighted by molar-refractivity contribution is 0.226. The molecule has 2 aromatic rings. The topological polar surface area (TPSA) is 3.24 Å². The van der Waals surface area contributed by atoms with Gasteiger partial charge < -0.3 is 4.90 Å². The van der Waals surface area contributed by atoms with Gasteiger partial charge in [0.1, 0.15) is 0 Å². The van der Waals surface area contributed by atoms with E-state index in [1.165, 1.54) is 47.3 Å². The quantitative estimate of drug-likeness (QED) is 0.604. The van der Waals surface area contributed by atoms with E-state index in [-0.39, 0.29) is 0 Å². The van der Waals surface area contributed by atoms with E-state index in [1.807, 2.05) is 0 Å². The fourth-order valence-electron chi connectivity index (χ4n) is 4.11. The standard InChI is InChI=1S/C26H35N/c1-19-9-7-8-10-24(19)21(3)22-11-12-25-20(2)18-27(15-13-23(25)17-22)16-14-26(4,5)6/h7-12,17,20H,3,13-16,18H2,1-2,4-6H3. The Kier molecular flexibility index (Phi) is 5.91. The van der Waals surface area contributed by atoms with Gasteiger partial charge in [0.05, 0.1) is 0 Å². The minimum atomic E-state index is 0.404. The number of rotatable bonds is 4. The third kappa shape index (κ3) is 4.90. The summed E-state index contributed by atoms with van der Waals surface area (Å²) in [5.41, 5.74) is 8.38. The molecule has 27 heavy (non-hydrogen) atoms. The van der Waals surface area contributed by atoms with Crippen LogP contribution in [0.4, 0.5) is 0 Å². The van der Waals surface area contributed by atoms with E-state index in [4.69, 9.17) is 0 Å². The summed E-state index contributed by atoms with van der Waals surface area (Å²) in [6, 6.07) is 15.6. The van der Waals surface area contributed by atoms with Crippen molar-refractivity contribution < 1.29 is 0 Å². The lowest BCUT2D eigenvalue weighted by Crippen LogP contribution is -2.31. The molecule has 3 rings (SSSR count). The maximum absolute atomic E-state index is 4.41. The largest absolute Gasteiger partial charge is 0.302 e. The molecule has 2 aromatic carbocycles. The van der Waals surface area contributed by atoms with Crippen LogP contribution >= 0.6 is 0 Å². The molecular formula is C26H35N. The molecule has 1 aliphatic heterocycles. The molecule has 0 bridgehead atoms. The summed E-state index contributed by atoms with van der Waals surface area (Å²) < 4.78 is 0. The molecule has 0 fully saturated rings. The Balaban J connectivity index is 1.80. The van der Waals surface area contributed by atoms with Crippen LogP contribution in [0.15, 0.2) is 49.0 Å². The van der Waals surface area contributed by atoms with Crippen LogP contribution in [0.3, 0.4) is 0 Å². The Labute approximate surface area is 166 Å². The fourth-order valence-corrected chi connectivity index (χ4v) is 4.11. The molecular weight excluding hydrogens is 326 g/mol. The molecule has 0 radical (unpaired) electrons. The van der Waals surface area contributed by atoms with Crippen molar-refractivity contribution in [3.05, 3.63) is 76.9 Å². The highest BCUT2D eigenvalue weighted by Gasteiger charge is 2.22. The second-order valence-corrected chi connectivity index (χ2v) is 9.47. The molecule has 1 nitrogen and oxygen atoms in total. The van der Waals surface area contributed by atoms with Crippen molar-refractivity contribution >= 4 is 5.57 Å². The number of benzene rings is 2. The average molecular weight is 362 g/mol. The molecule has 0 amide bonds. The van der Waals surface area contributed by atoms with E-state index in [2.05, 4.69) is 88.6 Å². The number of hydrogen-bond donors (Lipinski definition) is 0. The van der Waals surface area contributed by atoms with Crippen molar-refractivity contribution in [2.75, 3.05) is 19.6 Å². The lowest BCUT2D eigenvalue weighted by atomic mass is 9.89. The Bertz CT molecular complexity index is 809. The molecule has 144 valence electrons. The maximum Gasteiger partial charge on any atom is 0.00478 e. The molecule has 0 aromatic heterocycles. The van der Waals surface area contributed by atoms with Gasteiger partial charge in [-0.05, 0) is 71.0 Å². The van der Waals surface area contributed by atoms with Crippen LogP contribution in [0.5, 0.6) is 0 Å². The Morgan fingerprint density at radius 2 is 1.89 bits per heavy atom. The van der Waals surface area contributed by atoms with Gasteiger partial charge in [-0.1, -0.05) is 76.7 Å². The van der Waals surface area contributed by atoms with Crippen LogP contribution < -0.4 is 0 Å². The predicted octanol–water partition coefficient (Wildman–Crippen LogP) is 6.45. The zero-order valence-electron chi connectivity index (χ0n) is 17.8. The summed E-state index contributed by atoms with van der Waals surface area (Å²) in [4.78, 5) is 2.66. The number of aryl methyl sites for hydroxylation is 1. The summed E-state index contributed by atoms with van der Waals surface area (Å²) in [5.74, 6) is 0.586. The summed E-state index contributed by atoms with van der Waals surface area (Å²) in [6.45, 7) is 19.5. The van der Waals surface area contributed by atoms with Gasteiger partial charge in [0.2, 0.25) is 0 Å². The molecule has 1 heteroatoms. The van der Waals surface area contributed by atoms with Crippen molar-refractivity contribution in [2.24, 2.45) is 5.41 Å². The van der Waals surface area contributed by atoms with Crippen molar-refractivity contribution in [1.29, 1.82) is 0 Å². The first-order valence-electron chi connectivity index (χ1n) is 10.3. The highest BCUT2D eigenvalue weighted by atomic mass is 15.1. The minimum absolute atomic E-state index is 0.404. The molecule has 0 spiro atoms. The third-order valence-electron chi connectivity index (χ3n) is 5.90. The Hall–Kier alpha value is -1.86. The number of nitrogens with zero attached hydrogens (tertiary/aromatic N) is 1. The number of hydrogen-bond acceptors (Lipinski definition) is 1. The van der Waals surface area contributed by atoms with Crippen molar-refractivity contribution in [1.82, 2.24) is 4.90 Å². The molecule has 0 N–H and O–H groups in total. The third-order valence-corrected chi connectivity index (χ3v) is 5.90. The van der Waals surface area contributed by atoms with Crippen molar-refractivity contribution in [3.63, 3.8) is 0 Å². The SMILES string of the molecule is C=C(c1ccc2c(c1)CCN(CCC(C)(C)C)CC2C)c1ccccc1C. The molecule has 1 unspecified atom stereocenters. The second-order valence-electron chi connectivity index (χ2n) is 9.47. The summed E-state index contributed by atoms with van der Waals surface area (Å²) in [7, 11) is 0. The highest BCUT2D eigenvalue weighted by Crippen LogP contribution is 2.31. The Morgan fingerprint density at radius 1 is 1.15 bits per heavy atom. The van der Waals surface area contributed by atoms with Crippen LogP contribution in [0.1, 0.15) is 67.9 Å². The normalized spacial score (nSPS) is 18.0. The number of fused-ring (bicyclic) bond motifs is 1. The maximum atomic E-state index is 4.41. The van der Waals surface area contributed by atoms with E-state index in [1.54, 1.807) is 0 Å². The first kappa shape index (κ1) is 19.9. The average Bonchev–Trinajstić information content (AvgIpc) is 2.78. The van der Waals surface area contributed by atoms with Gasteiger partial charge in [-0.15, -0.1) is 0 Å². The van der Waals surface area contributed by atoms with E-state index in [9.17, 15) is 0 Å². The minimum Gasteiger partial charge on any atom is -0.302 e. The van der Waals surface area contributed by atoms with Crippen LogP contribution in [0, 0.1) is 12.3 Å². The van der Waals surface area contributed by atoms with Crippen molar-refractivity contribution in [3.8, 4) is 0 Å². The van der Waals surface area contributed by atoms with E-state index >= 15 is 0 Å². The van der Waals surface area contributed by atoms with Crippen LogP contribution in [-0.2, 0) is 6.42 Å². The highest BCUT2D eigenvalue weighted by molar-refractivity contribution is 5.80. The van der Waals surface area contributed by atoms with Gasteiger partial charge in [0.15, 0.2) is 0 Å². The van der Waals surface area contributed by atoms with Crippen molar-refractivity contribution in [2.45, 2.75) is 53.4 Å². The van der Waals surface area contributed by atoms with Gasteiger partial charge in [0.25, 0.3) is 0 Å². The second kappa shape index (κ2) is 8.02. The zero-order chi connectivity index (χ0) is 19.6. The van der Waals surface area contributed by atoms with Gasteiger partial charge >= 0.3 is 0 Å². The smallest absolute Gasteiger partial charge is 0.00478 e. The molecule has 0 aliphatic carbocycles. The zero-order valence-corrected chi connectivity index (χ0v) is 17.8. The van der Waals surface area contributed by atoms with Crippen LogP contribution in [-0.4, -0.2) is 24.5 Å². The molecule has 0 saturated carbocycles. The summed E-state index contributed by atoms with van der Waals surface area (Å²) in [5, 5.41) is 0. The first-order chi connectivity index (χ1) is 12.7. The van der Waals surface area contributed by atoms with Crippen LogP contribution in [0.25, 0.3) is 5.57 Å². The Morgan fingerprint density at radius 3 is 2.59 bits per heavy atom. The van der Waals surface area contributed by atoms with Crippen LogP contribution in [0.2, 0.25) is 0 Å². The van der Waals surface area contributed by atoms with Gasteiger partial charge in [-0.2, -0.15) is 0 Å². The molecule has 1 heterocycles. The molecule has 1 aliphatic rings. The van der Waals surface area contributed by atoms with E-state index < -0.39 is 0 Å². The molecule has 0 saturated heterocycles. The van der Waals surface area contributed by atoms with Gasteiger partial charge in [0, 0.05) is 13.1 Å². The van der Waals surface area contributed by atoms with Gasteiger partial charge in [-0.3, -0.25) is 0 Å². The summed E-state index contributed by atoms with van der Waals surface area (Å²) >= 11 is 0. The fraction of sp³-hybridized carbons (Fsp3) is 0.462.